The Bertz CT molecular complexity index is 1230. The van der Waals surface area contributed by atoms with Gasteiger partial charge in [0.15, 0.2) is 11.5 Å². The number of hydrogen-bond donors (Lipinski definition) is 1. The molecule has 0 spiro atoms. The summed E-state index contributed by atoms with van der Waals surface area (Å²) in [6, 6.07) is 15.9. The summed E-state index contributed by atoms with van der Waals surface area (Å²) in [4.78, 5) is 31.5. The summed E-state index contributed by atoms with van der Waals surface area (Å²) < 4.78 is 11.6. The Kier molecular flexibility index (Phi) is 8.95. The number of anilines is 1. The lowest BCUT2D eigenvalue weighted by Crippen LogP contribution is -2.49. The van der Waals surface area contributed by atoms with Crippen LogP contribution in [0.15, 0.2) is 60.0 Å². The van der Waals surface area contributed by atoms with E-state index in [9.17, 15) is 9.59 Å². The molecule has 0 fully saturated rings. The van der Waals surface area contributed by atoms with E-state index in [4.69, 9.17) is 21.1 Å². The van der Waals surface area contributed by atoms with Gasteiger partial charge in [-0.05, 0) is 59.7 Å². The molecule has 2 heterocycles. The minimum Gasteiger partial charge on any atom is -0.493 e. The van der Waals surface area contributed by atoms with E-state index in [2.05, 4.69) is 16.8 Å². The third-order valence-electron chi connectivity index (χ3n) is 6.16. The molecule has 0 saturated heterocycles. The van der Waals surface area contributed by atoms with Crippen molar-refractivity contribution in [2.45, 2.75) is 26.3 Å². The molecule has 1 aliphatic rings. The summed E-state index contributed by atoms with van der Waals surface area (Å²) in [7, 11) is 1.60. The molecule has 3 aromatic rings. The monoisotopic (exact) mass is 541 g/mol. The first-order valence-corrected chi connectivity index (χ1v) is 13.5. The predicted molar refractivity (Wildman–Crippen MR) is 148 cm³/mol. The lowest BCUT2D eigenvalue weighted by molar-refractivity contribution is -0.135. The molecular weight excluding hydrogens is 510 g/mol. The molecule has 0 saturated carbocycles. The van der Waals surface area contributed by atoms with Gasteiger partial charge in [-0.1, -0.05) is 43.6 Å². The number of hydrogen-bond acceptors (Lipinski definition) is 5. The van der Waals surface area contributed by atoms with Gasteiger partial charge in [0.1, 0.15) is 13.2 Å². The van der Waals surface area contributed by atoms with E-state index in [0.717, 1.165) is 12.0 Å². The highest BCUT2D eigenvalue weighted by atomic mass is 35.5. The number of nitrogens with one attached hydrogen (secondary N) is 1. The van der Waals surface area contributed by atoms with Crippen LogP contribution in [0.5, 0.6) is 11.5 Å². The number of halogens is 1. The number of thiophene rings is 1. The van der Waals surface area contributed by atoms with Gasteiger partial charge in [0.05, 0.1) is 13.2 Å². The normalized spacial score (nSPS) is 14.7. The van der Waals surface area contributed by atoms with Crippen molar-refractivity contribution in [2.75, 3.05) is 38.7 Å². The largest absolute Gasteiger partial charge is 0.493 e. The number of rotatable bonds is 9. The highest BCUT2D eigenvalue weighted by Gasteiger charge is 2.34. The van der Waals surface area contributed by atoms with Crippen LogP contribution in [0.4, 0.5) is 10.5 Å². The number of nitrogens with zero attached hydrogens (tertiary/aromatic N) is 2. The van der Waals surface area contributed by atoms with Crippen LogP contribution in [0, 0.1) is 5.92 Å². The van der Waals surface area contributed by atoms with Gasteiger partial charge in [0, 0.05) is 28.7 Å². The Labute approximate surface area is 226 Å². The third-order valence-corrected chi connectivity index (χ3v) is 7.39. The Hall–Kier alpha value is -3.23. The number of urea groups is 1. The smallest absolute Gasteiger partial charge is 0.322 e. The molecule has 3 amide bonds. The van der Waals surface area contributed by atoms with Gasteiger partial charge in [0.2, 0.25) is 5.91 Å². The molecule has 1 atom stereocenters. The van der Waals surface area contributed by atoms with Crippen molar-refractivity contribution in [3.05, 3.63) is 75.4 Å². The third kappa shape index (κ3) is 6.76. The fourth-order valence-corrected chi connectivity index (χ4v) is 5.58. The van der Waals surface area contributed by atoms with Gasteiger partial charge in [-0.15, -0.1) is 11.3 Å². The second-order valence-corrected chi connectivity index (χ2v) is 10.8. The zero-order valence-corrected chi connectivity index (χ0v) is 22.8. The second kappa shape index (κ2) is 12.3. The molecule has 0 radical (unpaired) electrons. The maximum absolute atomic E-state index is 13.7. The van der Waals surface area contributed by atoms with Crippen molar-refractivity contribution in [2.24, 2.45) is 5.92 Å². The molecule has 1 aromatic heterocycles. The number of para-hydroxylation sites is 2. The summed E-state index contributed by atoms with van der Waals surface area (Å²) in [5, 5.41) is 5.46. The maximum Gasteiger partial charge on any atom is 0.322 e. The Morgan fingerprint density at radius 1 is 1.16 bits per heavy atom. The summed E-state index contributed by atoms with van der Waals surface area (Å²) in [5.74, 6) is 1.34. The summed E-state index contributed by atoms with van der Waals surface area (Å²) in [6.45, 7) is 5.30. The molecule has 9 heteroatoms. The van der Waals surface area contributed by atoms with Gasteiger partial charge in [-0.2, -0.15) is 0 Å². The zero-order chi connectivity index (χ0) is 26.4. The van der Waals surface area contributed by atoms with Gasteiger partial charge < -0.3 is 24.6 Å². The molecule has 0 aliphatic carbocycles. The molecule has 196 valence electrons. The first kappa shape index (κ1) is 26.8. The number of ether oxygens (including phenoxy) is 2. The Balaban J connectivity index is 1.51. The van der Waals surface area contributed by atoms with Gasteiger partial charge in [-0.25, -0.2) is 4.79 Å². The van der Waals surface area contributed by atoms with E-state index < -0.39 is 0 Å². The topological polar surface area (TPSA) is 71.1 Å². The number of fused-ring (bicyclic) bond motifs is 1. The molecule has 4 rings (SSSR count). The van der Waals surface area contributed by atoms with Crippen LogP contribution >= 0.6 is 22.9 Å². The highest BCUT2D eigenvalue weighted by Crippen LogP contribution is 2.35. The predicted octanol–water partition coefficient (Wildman–Crippen LogP) is 6.11. The summed E-state index contributed by atoms with van der Waals surface area (Å²) in [5.41, 5.74) is 1.68. The quantitative estimate of drug-likeness (QED) is 0.355. The van der Waals surface area contributed by atoms with Crippen LogP contribution in [-0.4, -0.2) is 55.1 Å². The highest BCUT2D eigenvalue weighted by molar-refractivity contribution is 7.10. The number of benzene rings is 2. The van der Waals surface area contributed by atoms with Crippen molar-refractivity contribution in [3.63, 3.8) is 0 Å². The van der Waals surface area contributed by atoms with Crippen molar-refractivity contribution < 1.29 is 19.1 Å². The van der Waals surface area contributed by atoms with Gasteiger partial charge in [0.25, 0.3) is 0 Å². The van der Waals surface area contributed by atoms with Crippen LogP contribution in [0.3, 0.4) is 0 Å². The second-order valence-electron chi connectivity index (χ2n) is 9.33. The number of carbonyl (C=O) groups is 2. The number of amides is 3. The fourth-order valence-electron chi connectivity index (χ4n) is 4.46. The zero-order valence-electron chi connectivity index (χ0n) is 21.3. The minimum atomic E-state index is -0.334. The van der Waals surface area contributed by atoms with E-state index in [0.29, 0.717) is 35.3 Å². The van der Waals surface area contributed by atoms with Crippen molar-refractivity contribution in [1.29, 1.82) is 0 Å². The van der Waals surface area contributed by atoms with Crippen LogP contribution < -0.4 is 14.8 Å². The molecule has 0 bridgehead atoms. The lowest BCUT2D eigenvalue weighted by atomic mass is 10.0. The minimum absolute atomic E-state index is 0.0325. The molecule has 37 heavy (non-hydrogen) atoms. The first-order valence-electron chi connectivity index (χ1n) is 12.3. The standard InChI is InChI=1S/C28H32ClN3O4S/c1-19(2)16-31(28(34)30-21-8-6-7-20(29)15-21)17-27(33)32-13-11-26-22(12-14-37-26)23(32)18-36-25-10-5-4-9-24(25)35-3/h4-10,12,14-15,19,23H,11,13,16-18H2,1-3H3,(H,30,34). The van der Waals surface area contributed by atoms with E-state index in [1.807, 2.05) is 43.0 Å². The summed E-state index contributed by atoms with van der Waals surface area (Å²) >= 11 is 7.77. The molecule has 1 aliphatic heterocycles. The average molecular weight is 542 g/mol. The molecule has 1 unspecified atom stereocenters. The van der Waals surface area contributed by atoms with Crippen LogP contribution in [0.25, 0.3) is 0 Å². The van der Waals surface area contributed by atoms with E-state index in [1.165, 1.54) is 4.88 Å². The molecule has 7 nitrogen and oxygen atoms in total. The Morgan fingerprint density at radius 2 is 1.95 bits per heavy atom. The lowest BCUT2D eigenvalue weighted by Gasteiger charge is -2.37. The molecular formula is C28H32ClN3O4S. The summed E-state index contributed by atoms with van der Waals surface area (Å²) in [6.07, 6.45) is 0.781. The van der Waals surface area contributed by atoms with E-state index >= 15 is 0 Å². The van der Waals surface area contributed by atoms with E-state index in [-0.39, 0.29) is 37.0 Å². The number of methoxy groups -OCH3 is 1. The van der Waals surface area contributed by atoms with Crippen LogP contribution in [0.1, 0.15) is 30.3 Å². The van der Waals surface area contributed by atoms with Crippen LogP contribution in [0.2, 0.25) is 5.02 Å². The van der Waals surface area contributed by atoms with Crippen LogP contribution in [-0.2, 0) is 11.2 Å². The van der Waals surface area contributed by atoms with E-state index in [1.54, 1.807) is 47.6 Å². The van der Waals surface area contributed by atoms with Crippen molar-refractivity contribution in [3.8, 4) is 11.5 Å². The fraction of sp³-hybridized carbons (Fsp3) is 0.357. The Morgan fingerprint density at radius 3 is 2.68 bits per heavy atom. The molecule has 2 aromatic carbocycles. The number of carbonyl (C=O) groups excluding carboxylic acids is 2. The molecule has 1 N–H and O–H groups in total. The van der Waals surface area contributed by atoms with Crippen molar-refractivity contribution >= 4 is 40.6 Å². The SMILES string of the molecule is COc1ccccc1OCC1c2ccsc2CCN1C(=O)CN(CC(C)C)C(=O)Nc1cccc(Cl)c1. The first-order chi connectivity index (χ1) is 17.9. The maximum atomic E-state index is 13.7. The van der Waals surface area contributed by atoms with Crippen molar-refractivity contribution in [1.82, 2.24) is 9.80 Å². The van der Waals surface area contributed by atoms with Gasteiger partial charge in [-0.3, -0.25) is 4.79 Å². The van der Waals surface area contributed by atoms with Gasteiger partial charge >= 0.3 is 6.03 Å². The average Bonchev–Trinajstić information content (AvgIpc) is 3.36.